The summed E-state index contributed by atoms with van der Waals surface area (Å²) in [5.74, 6) is -4.34. The Labute approximate surface area is 253 Å². The molecule has 0 aromatic heterocycles. The monoisotopic (exact) mass is 651 g/mol. The number of amides is 4. The zero-order valence-corrected chi connectivity index (χ0v) is 24.2. The van der Waals surface area contributed by atoms with Crippen LogP contribution >= 0.6 is 0 Å². The highest BCUT2D eigenvalue weighted by Crippen LogP contribution is 2.33. The first-order chi connectivity index (χ1) is 21.1. The Balaban J connectivity index is 0.000000251. The smallest absolute Gasteiger partial charge is 0.338 e. The van der Waals surface area contributed by atoms with Gasteiger partial charge in [0, 0.05) is 37.6 Å². The van der Waals surface area contributed by atoms with Gasteiger partial charge in [-0.2, -0.15) is 26.3 Å². The van der Waals surface area contributed by atoms with E-state index in [0.717, 1.165) is 25.1 Å². The molecule has 0 radical (unpaired) electrons. The van der Waals surface area contributed by atoms with Crippen LogP contribution in [0.15, 0.2) is 36.4 Å². The molecule has 2 heterocycles. The summed E-state index contributed by atoms with van der Waals surface area (Å²) in [5.41, 5.74) is -2.74. The van der Waals surface area contributed by atoms with Crippen LogP contribution in [-0.4, -0.2) is 55.5 Å². The van der Waals surface area contributed by atoms with E-state index in [0.29, 0.717) is 63.2 Å². The quantitative estimate of drug-likeness (QED) is 0.298. The Bertz CT molecular complexity index is 1350. The number of urea groups is 1. The third kappa shape index (κ3) is 10.3. The van der Waals surface area contributed by atoms with Gasteiger partial charge >= 0.3 is 18.4 Å². The molecule has 248 valence electrons. The Hall–Kier alpha value is -3.95. The number of nitrogens with one attached hydrogen (secondary N) is 4. The van der Waals surface area contributed by atoms with Crippen molar-refractivity contribution in [2.45, 2.75) is 45.0 Å². The lowest BCUT2D eigenvalue weighted by atomic mass is 9.97. The van der Waals surface area contributed by atoms with Crippen molar-refractivity contribution in [3.05, 3.63) is 59.2 Å². The van der Waals surface area contributed by atoms with Gasteiger partial charge in [-0.05, 0) is 75.5 Å². The number of alkyl halides is 6. The molecule has 8 nitrogen and oxygen atoms in total. The first kappa shape index (κ1) is 35.5. The fourth-order valence-corrected chi connectivity index (χ4v) is 4.85. The van der Waals surface area contributed by atoms with Gasteiger partial charge in [0.15, 0.2) is 0 Å². The molecule has 0 aliphatic carbocycles. The SMILES string of the molecule is CCNC(=O)N1CCC[C@H](C(=O)Nc2ccc(C(F)(F)F)c(F)c2)C1.O=C(Nc1ccc(C(F)(F)F)c(F)c1)[C@H]1CCCNC1. The minimum atomic E-state index is -4.79. The van der Waals surface area contributed by atoms with Gasteiger partial charge < -0.3 is 26.2 Å². The zero-order valence-electron chi connectivity index (χ0n) is 24.2. The van der Waals surface area contributed by atoms with E-state index in [-0.39, 0.29) is 35.8 Å². The number of hydrogen-bond donors (Lipinski definition) is 4. The van der Waals surface area contributed by atoms with Crippen molar-refractivity contribution in [3.63, 3.8) is 0 Å². The van der Waals surface area contributed by atoms with E-state index in [2.05, 4.69) is 21.3 Å². The molecule has 2 aliphatic rings. The predicted octanol–water partition coefficient (Wildman–Crippen LogP) is 6.01. The highest BCUT2D eigenvalue weighted by atomic mass is 19.4. The molecular weight excluding hydrogens is 618 g/mol. The molecule has 2 aliphatic heterocycles. The van der Waals surface area contributed by atoms with Gasteiger partial charge in [0.25, 0.3) is 0 Å². The van der Waals surface area contributed by atoms with E-state index in [1.165, 1.54) is 4.90 Å². The fourth-order valence-electron chi connectivity index (χ4n) is 4.85. The van der Waals surface area contributed by atoms with Crippen LogP contribution < -0.4 is 21.3 Å². The van der Waals surface area contributed by atoms with E-state index in [1.54, 1.807) is 6.92 Å². The summed E-state index contributed by atoms with van der Waals surface area (Å²) in [4.78, 5) is 37.5. The van der Waals surface area contributed by atoms with Crippen LogP contribution in [0.5, 0.6) is 0 Å². The van der Waals surface area contributed by atoms with Crippen molar-refractivity contribution in [1.29, 1.82) is 0 Å². The lowest BCUT2D eigenvalue weighted by molar-refractivity contribution is -0.140. The summed E-state index contributed by atoms with van der Waals surface area (Å²) >= 11 is 0. The Morgan fingerprint density at radius 3 is 1.78 bits per heavy atom. The predicted molar refractivity (Wildman–Crippen MR) is 149 cm³/mol. The van der Waals surface area contributed by atoms with Crippen LogP contribution in [0.2, 0.25) is 0 Å². The van der Waals surface area contributed by atoms with Crippen LogP contribution in [0.25, 0.3) is 0 Å². The normalized spacial score (nSPS) is 18.7. The third-order valence-corrected chi connectivity index (χ3v) is 7.16. The Morgan fingerprint density at radius 2 is 1.33 bits per heavy atom. The second kappa shape index (κ2) is 15.4. The van der Waals surface area contributed by atoms with Crippen molar-refractivity contribution in [2.24, 2.45) is 11.8 Å². The summed E-state index contributed by atoms with van der Waals surface area (Å²) in [6.45, 7) is 4.36. The summed E-state index contributed by atoms with van der Waals surface area (Å²) in [6.07, 6.45) is -6.77. The standard InChI is InChI=1S/C16H19F4N3O2.C13H14F4N2O/c1-2-21-15(25)23-7-3-4-10(9-23)14(24)22-11-5-6-12(13(17)8-11)16(18,19)20;14-11-6-9(3-4-10(11)13(15,16)17)19-12(20)8-2-1-5-18-7-8/h5-6,8,10H,2-4,7,9H2,1H3,(H,21,25)(H,22,24);3-4,6,8,18H,1-2,5,7H2,(H,19,20)/t10-;8-/m00/s1. The Morgan fingerprint density at radius 1 is 0.822 bits per heavy atom. The highest BCUT2D eigenvalue weighted by molar-refractivity contribution is 5.93. The van der Waals surface area contributed by atoms with Crippen molar-refractivity contribution in [3.8, 4) is 0 Å². The fraction of sp³-hybridized carbons (Fsp3) is 0.483. The molecule has 0 saturated carbocycles. The number of likely N-dealkylation sites (tertiary alicyclic amines) is 1. The van der Waals surface area contributed by atoms with Crippen LogP contribution in [0.1, 0.15) is 43.7 Å². The van der Waals surface area contributed by atoms with E-state index >= 15 is 0 Å². The number of anilines is 2. The van der Waals surface area contributed by atoms with Crippen LogP contribution in [0.4, 0.5) is 51.3 Å². The molecule has 2 saturated heterocycles. The summed E-state index contributed by atoms with van der Waals surface area (Å²) in [5, 5.41) is 10.6. The van der Waals surface area contributed by atoms with Gasteiger partial charge in [-0.15, -0.1) is 0 Å². The largest absolute Gasteiger partial charge is 0.419 e. The van der Waals surface area contributed by atoms with Crippen LogP contribution in [0, 0.1) is 23.5 Å². The molecule has 0 spiro atoms. The number of hydrogen-bond acceptors (Lipinski definition) is 4. The molecular formula is C29H33F8N5O3. The minimum absolute atomic E-state index is 0.0334. The van der Waals surface area contributed by atoms with Crippen molar-refractivity contribution in [2.75, 3.05) is 43.4 Å². The average Bonchev–Trinajstić information content (AvgIpc) is 2.97. The maximum absolute atomic E-state index is 13.6. The Kier molecular flexibility index (Phi) is 12.1. The molecule has 4 N–H and O–H groups in total. The third-order valence-electron chi connectivity index (χ3n) is 7.16. The van der Waals surface area contributed by atoms with E-state index in [4.69, 9.17) is 0 Å². The van der Waals surface area contributed by atoms with Gasteiger partial charge in [0.2, 0.25) is 11.8 Å². The van der Waals surface area contributed by atoms with Gasteiger partial charge in [0.1, 0.15) is 11.6 Å². The molecule has 4 rings (SSSR count). The molecule has 45 heavy (non-hydrogen) atoms. The molecule has 4 amide bonds. The van der Waals surface area contributed by atoms with Crippen molar-refractivity contribution < 1.29 is 49.5 Å². The highest BCUT2D eigenvalue weighted by Gasteiger charge is 2.35. The second-order valence-corrected chi connectivity index (χ2v) is 10.5. The molecule has 0 bridgehead atoms. The number of halogens is 8. The van der Waals surface area contributed by atoms with Gasteiger partial charge in [0.05, 0.1) is 23.0 Å². The lowest BCUT2D eigenvalue weighted by Gasteiger charge is -2.32. The van der Waals surface area contributed by atoms with Crippen LogP contribution in [0.3, 0.4) is 0 Å². The van der Waals surface area contributed by atoms with Gasteiger partial charge in [-0.3, -0.25) is 9.59 Å². The van der Waals surface area contributed by atoms with Crippen molar-refractivity contribution in [1.82, 2.24) is 15.5 Å². The number of piperidine rings is 2. The van der Waals surface area contributed by atoms with E-state index in [1.807, 2.05) is 0 Å². The van der Waals surface area contributed by atoms with Crippen molar-refractivity contribution >= 4 is 29.2 Å². The van der Waals surface area contributed by atoms with Gasteiger partial charge in [-0.25, -0.2) is 13.6 Å². The minimum Gasteiger partial charge on any atom is -0.338 e. The zero-order chi connectivity index (χ0) is 33.4. The van der Waals surface area contributed by atoms with E-state index < -0.39 is 46.9 Å². The first-order valence-electron chi connectivity index (χ1n) is 14.2. The summed E-state index contributed by atoms with van der Waals surface area (Å²) in [7, 11) is 0. The van der Waals surface area contributed by atoms with Crippen LogP contribution in [-0.2, 0) is 21.9 Å². The molecule has 2 atom stereocenters. The number of carbonyl (C=O) groups excluding carboxylic acids is 3. The summed E-state index contributed by atoms with van der Waals surface area (Å²) < 4.78 is 102. The second-order valence-electron chi connectivity index (χ2n) is 10.5. The molecule has 16 heteroatoms. The maximum Gasteiger partial charge on any atom is 0.419 e. The number of nitrogens with zero attached hydrogens (tertiary/aromatic N) is 1. The number of carbonyl (C=O) groups is 3. The molecule has 2 aromatic carbocycles. The molecule has 2 aromatic rings. The number of rotatable bonds is 5. The summed E-state index contributed by atoms with van der Waals surface area (Å²) in [6, 6.07) is 4.35. The van der Waals surface area contributed by atoms with Gasteiger partial charge in [-0.1, -0.05) is 0 Å². The van der Waals surface area contributed by atoms with E-state index in [9.17, 15) is 49.5 Å². The number of benzene rings is 2. The molecule has 0 unspecified atom stereocenters. The topological polar surface area (TPSA) is 103 Å². The average molecular weight is 652 g/mol. The first-order valence-corrected chi connectivity index (χ1v) is 14.2. The lowest BCUT2D eigenvalue weighted by Crippen LogP contribution is -2.47. The molecule has 2 fully saturated rings. The maximum atomic E-state index is 13.6.